The Kier molecular flexibility index (Phi) is 5.10. The first-order chi connectivity index (χ1) is 14.1. The fourth-order valence-corrected chi connectivity index (χ4v) is 5.41. The number of piperazine rings is 1. The molecule has 29 heavy (non-hydrogen) atoms. The van der Waals surface area contributed by atoms with Crippen LogP contribution in [0.5, 0.6) is 0 Å². The number of hydrogen-bond acceptors (Lipinski definition) is 4. The fourth-order valence-electron chi connectivity index (χ4n) is 5.41. The van der Waals surface area contributed by atoms with Crippen molar-refractivity contribution in [3.8, 4) is 0 Å². The molecule has 6 nitrogen and oxygen atoms in total. The SMILES string of the molecule is CN1CCN(C2CCOC3(CCN(C(=O)c4cccc5[nH]ccc45)CC3)C2)CC1. The molecule has 4 heterocycles. The van der Waals surface area contributed by atoms with Gasteiger partial charge >= 0.3 is 0 Å². The molecular weight excluding hydrogens is 364 g/mol. The Morgan fingerprint density at radius 2 is 1.90 bits per heavy atom. The van der Waals surface area contributed by atoms with E-state index in [2.05, 4.69) is 21.8 Å². The molecule has 3 saturated heterocycles. The second kappa shape index (κ2) is 7.74. The Morgan fingerprint density at radius 3 is 2.69 bits per heavy atom. The summed E-state index contributed by atoms with van der Waals surface area (Å²) in [7, 11) is 2.21. The summed E-state index contributed by atoms with van der Waals surface area (Å²) in [5, 5.41) is 1.02. The second-order valence-corrected chi connectivity index (χ2v) is 9.05. The van der Waals surface area contributed by atoms with Crippen LogP contribution in [0.1, 0.15) is 36.0 Å². The first-order valence-electron chi connectivity index (χ1n) is 11.1. The minimum Gasteiger partial charge on any atom is -0.375 e. The summed E-state index contributed by atoms with van der Waals surface area (Å²) in [5.41, 5.74) is 1.79. The molecular formula is C23H32N4O2. The van der Waals surface area contributed by atoms with E-state index in [-0.39, 0.29) is 11.5 Å². The van der Waals surface area contributed by atoms with E-state index in [9.17, 15) is 4.79 Å². The third kappa shape index (κ3) is 3.69. The van der Waals surface area contributed by atoms with Crippen LogP contribution in [0, 0.1) is 0 Å². The van der Waals surface area contributed by atoms with Crippen molar-refractivity contribution < 1.29 is 9.53 Å². The zero-order valence-corrected chi connectivity index (χ0v) is 17.4. The first kappa shape index (κ1) is 19.1. The largest absolute Gasteiger partial charge is 0.375 e. The molecule has 0 bridgehead atoms. The van der Waals surface area contributed by atoms with Gasteiger partial charge in [0.05, 0.1) is 5.60 Å². The van der Waals surface area contributed by atoms with Crippen molar-refractivity contribution in [1.29, 1.82) is 0 Å². The summed E-state index contributed by atoms with van der Waals surface area (Å²) in [6, 6.07) is 8.56. The maximum atomic E-state index is 13.2. The highest BCUT2D eigenvalue weighted by atomic mass is 16.5. The lowest BCUT2D eigenvalue weighted by Gasteiger charge is -2.49. The molecule has 1 aromatic heterocycles. The molecule has 3 aliphatic rings. The molecule has 156 valence electrons. The van der Waals surface area contributed by atoms with E-state index in [4.69, 9.17) is 4.74 Å². The molecule has 0 aliphatic carbocycles. The van der Waals surface area contributed by atoms with Crippen molar-refractivity contribution in [2.75, 3.05) is 52.9 Å². The van der Waals surface area contributed by atoms with Crippen molar-refractivity contribution in [1.82, 2.24) is 19.7 Å². The number of fused-ring (bicyclic) bond motifs is 1. The van der Waals surface area contributed by atoms with Gasteiger partial charge in [0.25, 0.3) is 5.91 Å². The van der Waals surface area contributed by atoms with Crippen molar-refractivity contribution in [2.45, 2.75) is 37.3 Å². The van der Waals surface area contributed by atoms with Crippen LogP contribution >= 0.6 is 0 Å². The normalized spacial score (nSPS) is 26.2. The quantitative estimate of drug-likeness (QED) is 0.848. The lowest BCUT2D eigenvalue weighted by Crippen LogP contribution is -2.57. The van der Waals surface area contributed by atoms with Gasteiger partial charge in [-0.1, -0.05) is 6.07 Å². The Labute approximate surface area is 172 Å². The molecule has 1 unspecified atom stereocenters. The molecule has 1 aromatic carbocycles. The number of carbonyl (C=O) groups excluding carboxylic acids is 1. The Morgan fingerprint density at radius 1 is 1.10 bits per heavy atom. The van der Waals surface area contributed by atoms with Gasteiger partial charge in [-0.3, -0.25) is 9.69 Å². The van der Waals surface area contributed by atoms with Crippen molar-refractivity contribution in [2.24, 2.45) is 0 Å². The Balaban J connectivity index is 1.24. The maximum absolute atomic E-state index is 13.2. The van der Waals surface area contributed by atoms with Gasteiger partial charge < -0.3 is 19.5 Å². The third-order valence-electron chi connectivity index (χ3n) is 7.31. The van der Waals surface area contributed by atoms with E-state index in [0.717, 1.165) is 74.9 Å². The minimum absolute atomic E-state index is 0.0386. The summed E-state index contributed by atoms with van der Waals surface area (Å²) in [6.45, 7) is 7.09. The molecule has 1 amide bonds. The topological polar surface area (TPSA) is 51.8 Å². The number of ether oxygens (including phenoxy) is 1. The van der Waals surface area contributed by atoms with Gasteiger partial charge in [0.1, 0.15) is 0 Å². The molecule has 0 saturated carbocycles. The molecule has 3 aliphatic heterocycles. The fraction of sp³-hybridized carbons (Fsp3) is 0.609. The average molecular weight is 397 g/mol. The second-order valence-electron chi connectivity index (χ2n) is 9.05. The van der Waals surface area contributed by atoms with Gasteiger partial charge in [-0.15, -0.1) is 0 Å². The zero-order chi connectivity index (χ0) is 19.8. The van der Waals surface area contributed by atoms with E-state index in [1.54, 1.807) is 0 Å². The van der Waals surface area contributed by atoms with Gasteiger partial charge in [-0.2, -0.15) is 0 Å². The number of H-pyrrole nitrogens is 1. The summed E-state index contributed by atoms with van der Waals surface area (Å²) >= 11 is 0. The van der Waals surface area contributed by atoms with Crippen molar-refractivity contribution >= 4 is 16.8 Å². The van der Waals surface area contributed by atoms with E-state index >= 15 is 0 Å². The molecule has 0 radical (unpaired) electrons. The van der Waals surface area contributed by atoms with Gasteiger partial charge in [0.15, 0.2) is 0 Å². The molecule has 3 fully saturated rings. The third-order valence-corrected chi connectivity index (χ3v) is 7.31. The number of likely N-dealkylation sites (tertiary alicyclic amines) is 1. The Bertz CT molecular complexity index is 863. The summed E-state index contributed by atoms with van der Waals surface area (Å²) in [4.78, 5) is 23.5. The van der Waals surface area contributed by atoms with Crippen LogP contribution < -0.4 is 0 Å². The van der Waals surface area contributed by atoms with Crippen molar-refractivity contribution in [3.63, 3.8) is 0 Å². The highest BCUT2D eigenvalue weighted by Crippen LogP contribution is 2.37. The number of nitrogens with zero attached hydrogens (tertiary/aromatic N) is 3. The molecule has 5 rings (SSSR count). The molecule has 1 atom stereocenters. The lowest BCUT2D eigenvalue weighted by molar-refractivity contribution is -0.132. The van der Waals surface area contributed by atoms with E-state index < -0.39 is 0 Å². The average Bonchev–Trinajstić information content (AvgIpc) is 3.23. The van der Waals surface area contributed by atoms with Gasteiger partial charge in [-0.05, 0) is 50.9 Å². The maximum Gasteiger partial charge on any atom is 0.254 e. The number of likely N-dealkylation sites (N-methyl/N-ethyl adjacent to an activating group) is 1. The molecule has 2 aromatic rings. The Hall–Kier alpha value is -1.89. The van der Waals surface area contributed by atoms with Gasteiger partial charge in [-0.25, -0.2) is 0 Å². The summed E-state index contributed by atoms with van der Waals surface area (Å²) in [6.07, 6.45) is 6.06. The van der Waals surface area contributed by atoms with Crippen LogP contribution in [-0.4, -0.2) is 90.2 Å². The van der Waals surface area contributed by atoms with Crippen LogP contribution in [0.4, 0.5) is 0 Å². The van der Waals surface area contributed by atoms with Crippen molar-refractivity contribution in [3.05, 3.63) is 36.0 Å². The number of amides is 1. The number of benzene rings is 1. The van der Waals surface area contributed by atoms with Gasteiger partial charge in [0, 0.05) is 74.6 Å². The number of hydrogen-bond donors (Lipinski definition) is 1. The number of rotatable bonds is 2. The van der Waals surface area contributed by atoms with Crippen LogP contribution in [0.15, 0.2) is 30.5 Å². The predicted octanol–water partition coefficient (Wildman–Crippen LogP) is 2.57. The number of aromatic amines is 1. The zero-order valence-electron chi connectivity index (χ0n) is 17.4. The van der Waals surface area contributed by atoms with E-state index in [0.29, 0.717) is 6.04 Å². The summed E-state index contributed by atoms with van der Waals surface area (Å²) in [5.74, 6) is 0.150. The number of piperidine rings is 1. The smallest absolute Gasteiger partial charge is 0.254 e. The predicted molar refractivity (Wildman–Crippen MR) is 114 cm³/mol. The van der Waals surface area contributed by atoms with Crippen LogP contribution in [0.3, 0.4) is 0 Å². The van der Waals surface area contributed by atoms with E-state index in [1.165, 1.54) is 13.1 Å². The first-order valence-corrected chi connectivity index (χ1v) is 11.1. The highest BCUT2D eigenvalue weighted by molar-refractivity contribution is 6.06. The monoisotopic (exact) mass is 396 g/mol. The lowest BCUT2D eigenvalue weighted by atomic mass is 9.81. The van der Waals surface area contributed by atoms with Gasteiger partial charge in [0.2, 0.25) is 0 Å². The standard InChI is InChI=1S/C23H32N4O2/c1-25-12-14-26(15-13-25)18-6-16-29-23(17-18)7-10-27(11-8-23)22(28)20-3-2-4-21-19(20)5-9-24-21/h2-5,9,18,24H,6-8,10-17H2,1H3. The summed E-state index contributed by atoms with van der Waals surface area (Å²) < 4.78 is 6.36. The van der Waals surface area contributed by atoms with Crippen LogP contribution in [0.2, 0.25) is 0 Å². The number of nitrogens with one attached hydrogen (secondary N) is 1. The van der Waals surface area contributed by atoms with E-state index in [1.807, 2.05) is 35.4 Å². The molecule has 6 heteroatoms. The number of carbonyl (C=O) groups is 1. The highest BCUT2D eigenvalue weighted by Gasteiger charge is 2.43. The molecule has 1 spiro atoms. The molecule has 1 N–H and O–H groups in total. The van der Waals surface area contributed by atoms with Crippen LogP contribution in [0.25, 0.3) is 10.9 Å². The number of aromatic nitrogens is 1. The van der Waals surface area contributed by atoms with Crippen LogP contribution in [-0.2, 0) is 4.74 Å². The minimum atomic E-state index is -0.0386.